The van der Waals surface area contributed by atoms with Crippen molar-refractivity contribution in [2.24, 2.45) is 11.7 Å². The second kappa shape index (κ2) is 14.7. The molecule has 3 unspecified atom stereocenters. The molecule has 160 valence electrons. The number of thioether (sulfide) groups is 1. The number of rotatable bonds is 12. The fourth-order valence-corrected chi connectivity index (χ4v) is 2.99. The molecule has 0 aromatic heterocycles. The molecular weight excluding hydrogens is 398 g/mol. The molecule has 28 heavy (non-hydrogen) atoms. The Labute approximate surface area is 179 Å². The molecule has 1 rings (SSSR count). The zero-order chi connectivity index (χ0) is 20.2. The molecule has 6 nitrogen and oxygen atoms in total. The summed E-state index contributed by atoms with van der Waals surface area (Å²) in [5, 5.41) is 6.12. The van der Waals surface area contributed by atoms with E-state index >= 15 is 0 Å². The summed E-state index contributed by atoms with van der Waals surface area (Å²) in [6.07, 6.45) is 3.01. The van der Waals surface area contributed by atoms with Gasteiger partial charge in [0.25, 0.3) is 0 Å². The number of esters is 1. The van der Waals surface area contributed by atoms with Crippen LogP contribution in [0.15, 0.2) is 30.3 Å². The lowest BCUT2D eigenvalue weighted by atomic mass is 10.0. The van der Waals surface area contributed by atoms with Gasteiger partial charge in [0.1, 0.15) is 6.04 Å². The average Bonchev–Trinajstić information content (AvgIpc) is 2.67. The maximum atomic E-state index is 12.9. The Hall–Kier alpha value is -1.28. The van der Waals surface area contributed by atoms with Crippen molar-refractivity contribution < 1.29 is 14.3 Å². The number of hydrogen-bond acceptors (Lipinski definition) is 6. The van der Waals surface area contributed by atoms with Crippen molar-refractivity contribution in [3.8, 4) is 0 Å². The van der Waals surface area contributed by atoms with Gasteiger partial charge in [0.15, 0.2) is 0 Å². The minimum atomic E-state index is -0.645. The van der Waals surface area contributed by atoms with Gasteiger partial charge in [-0.1, -0.05) is 44.2 Å². The molecule has 1 aromatic carbocycles. The minimum absolute atomic E-state index is 0. The number of nitrogens with one attached hydrogen (secondary N) is 2. The number of halogens is 1. The van der Waals surface area contributed by atoms with E-state index in [2.05, 4.69) is 10.6 Å². The van der Waals surface area contributed by atoms with Gasteiger partial charge in [0.2, 0.25) is 5.91 Å². The predicted octanol–water partition coefficient (Wildman–Crippen LogP) is 2.00. The molecule has 0 aliphatic carbocycles. The first-order valence-corrected chi connectivity index (χ1v) is 10.7. The van der Waals surface area contributed by atoms with Crippen LogP contribution in [0.25, 0.3) is 0 Å². The van der Waals surface area contributed by atoms with Crippen LogP contribution < -0.4 is 16.4 Å². The van der Waals surface area contributed by atoms with Crippen molar-refractivity contribution >= 4 is 36.0 Å². The molecule has 8 heteroatoms. The molecule has 0 heterocycles. The van der Waals surface area contributed by atoms with Crippen LogP contribution in [0.4, 0.5) is 0 Å². The van der Waals surface area contributed by atoms with Crippen molar-refractivity contribution in [3.05, 3.63) is 35.9 Å². The van der Waals surface area contributed by atoms with Crippen LogP contribution in [0.3, 0.4) is 0 Å². The topological polar surface area (TPSA) is 93.4 Å². The Balaban J connectivity index is 0.00000729. The number of benzene rings is 1. The molecule has 0 spiro atoms. The summed E-state index contributed by atoms with van der Waals surface area (Å²) in [5.74, 6) is 0.429. The molecule has 0 fully saturated rings. The lowest BCUT2D eigenvalue weighted by molar-refractivity contribution is -0.145. The molecule has 0 radical (unpaired) electrons. The van der Waals surface area contributed by atoms with E-state index in [1.165, 1.54) is 7.11 Å². The third-order valence-electron chi connectivity index (χ3n) is 4.47. The number of ether oxygens (including phenoxy) is 1. The molecule has 3 atom stereocenters. The second-order valence-electron chi connectivity index (χ2n) is 6.92. The predicted molar refractivity (Wildman–Crippen MR) is 119 cm³/mol. The van der Waals surface area contributed by atoms with E-state index in [4.69, 9.17) is 10.5 Å². The highest BCUT2D eigenvalue weighted by molar-refractivity contribution is 7.98. The van der Waals surface area contributed by atoms with Crippen LogP contribution in [0.1, 0.15) is 25.8 Å². The van der Waals surface area contributed by atoms with E-state index in [0.29, 0.717) is 25.3 Å². The highest BCUT2D eigenvalue weighted by atomic mass is 35.5. The molecule has 0 bridgehead atoms. The van der Waals surface area contributed by atoms with Gasteiger partial charge in [-0.15, -0.1) is 12.4 Å². The van der Waals surface area contributed by atoms with Crippen LogP contribution >= 0.6 is 24.2 Å². The Morgan fingerprint density at radius 2 is 1.82 bits per heavy atom. The van der Waals surface area contributed by atoms with E-state index < -0.39 is 18.1 Å². The Morgan fingerprint density at radius 3 is 2.36 bits per heavy atom. The summed E-state index contributed by atoms with van der Waals surface area (Å²) in [6.45, 7) is 4.62. The lowest BCUT2D eigenvalue weighted by Crippen LogP contribution is -2.53. The van der Waals surface area contributed by atoms with Gasteiger partial charge in [0.05, 0.1) is 13.2 Å². The van der Waals surface area contributed by atoms with Gasteiger partial charge in [-0.05, 0) is 36.3 Å². The summed E-state index contributed by atoms with van der Waals surface area (Å²) in [7, 11) is 1.34. The molecule has 0 saturated carbocycles. The molecule has 1 aromatic rings. The van der Waals surface area contributed by atoms with Crippen LogP contribution in [-0.2, 0) is 20.7 Å². The van der Waals surface area contributed by atoms with Crippen LogP contribution in [0.2, 0.25) is 0 Å². The normalized spacial score (nSPS) is 13.9. The molecule has 0 saturated heterocycles. The first-order valence-electron chi connectivity index (χ1n) is 9.29. The number of hydrogen-bond donors (Lipinski definition) is 3. The first-order chi connectivity index (χ1) is 12.9. The highest BCUT2D eigenvalue weighted by Crippen LogP contribution is 2.07. The molecule has 0 aliphatic rings. The number of methoxy groups -OCH3 is 1. The van der Waals surface area contributed by atoms with Crippen LogP contribution in [0.5, 0.6) is 0 Å². The van der Waals surface area contributed by atoms with E-state index in [-0.39, 0.29) is 24.4 Å². The summed E-state index contributed by atoms with van der Waals surface area (Å²) in [6, 6.07) is 8.62. The fraction of sp³-hybridized carbons (Fsp3) is 0.600. The van der Waals surface area contributed by atoms with Gasteiger partial charge in [-0.25, -0.2) is 4.79 Å². The Kier molecular flexibility index (Phi) is 14.0. The third kappa shape index (κ3) is 9.78. The number of carbonyl (C=O) groups is 2. The second-order valence-corrected chi connectivity index (χ2v) is 7.91. The SMILES string of the molecule is COC(=O)C(CCSC)NC(=O)C(Cc1ccccc1)NCC(N)C(C)C.Cl. The Morgan fingerprint density at radius 1 is 1.18 bits per heavy atom. The average molecular weight is 432 g/mol. The molecular formula is C20H34ClN3O3S. The van der Waals surface area contributed by atoms with Gasteiger partial charge >= 0.3 is 5.97 Å². The summed E-state index contributed by atoms with van der Waals surface area (Å²) < 4.78 is 4.83. The molecule has 0 aliphatic heterocycles. The van der Waals surface area contributed by atoms with Crippen LogP contribution in [0, 0.1) is 5.92 Å². The largest absolute Gasteiger partial charge is 0.467 e. The van der Waals surface area contributed by atoms with Crippen LogP contribution in [-0.4, -0.2) is 55.7 Å². The summed E-state index contributed by atoms with van der Waals surface area (Å²) in [5.41, 5.74) is 7.17. The zero-order valence-electron chi connectivity index (χ0n) is 17.1. The van der Waals surface area contributed by atoms with E-state index in [0.717, 1.165) is 11.3 Å². The van der Waals surface area contributed by atoms with E-state index in [1.807, 2.05) is 50.4 Å². The van der Waals surface area contributed by atoms with E-state index in [1.54, 1.807) is 11.8 Å². The maximum absolute atomic E-state index is 12.9. The third-order valence-corrected chi connectivity index (χ3v) is 5.11. The monoisotopic (exact) mass is 431 g/mol. The Bertz CT molecular complexity index is 575. The molecule has 4 N–H and O–H groups in total. The van der Waals surface area contributed by atoms with Gasteiger partial charge in [-0.2, -0.15) is 11.8 Å². The lowest BCUT2D eigenvalue weighted by Gasteiger charge is -2.24. The maximum Gasteiger partial charge on any atom is 0.328 e. The number of amides is 1. The smallest absolute Gasteiger partial charge is 0.328 e. The fourth-order valence-electron chi connectivity index (χ4n) is 2.52. The van der Waals surface area contributed by atoms with Gasteiger partial charge < -0.3 is 21.1 Å². The van der Waals surface area contributed by atoms with Gasteiger partial charge in [0, 0.05) is 12.6 Å². The summed E-state index contributed by atoms with van der Waals surface area (Å²) >= 11 is 1.62. The van der Waals surface area contributed by atoms with Crippen molar-refractivity contribution in [2.75, 3.05) is 25.7 Å². The van der Waals surface area contributed by atoms with Crippen molar-refractivity contribution in [2.45, 2.75) is 44.8 Å². The van der Waals surface area contributed by atoms with E-state index in [9.17, 15) is 9.59 Å². The van der Waals surface area contributed by atoms with Gasteiger partial charge in [-0.3, -0.25) is 4.79 Å². The highest BCUT2D eigenvalue weighted by Gasteiger charge is 2.26. The first kappa shape index (κ1) is 26.7. The zero-order valence-corrected chi connectivity index (χ0v) is 18.8. The summed E-state index contributed by atoms with van der Waals surface area (Å²) in [4.78, 5) is 24.9. The number of carbonyl (C=O) groups excluding carboxylic acids is 2. The molecule has 1 amide bonds. The standard InChI is InChI=1S/C20H33N3O3S.ClH/c1-14(2)16(21)13-22-18(12-15-8-6-5-7-9-15)19(24)23-17(10-11-27-4)20(25)26-3;/h5-9,14,16-18,22H,10-13,21H2,1-4H3,(H,23,24);1H. The minimum Gasteiger partial charge on any atom is -0.467 e. The van der Waals surface area contributed by atoms with Crippen molar-refractivity contribution in [3.63, 3.8) is 0 Å². The van der Waals surface area contributed by atoms with Crippen molar-refractivity contribution in [1.29, 1.82) is 0 Å². The van der Waals surface area contributed by atoms with Crippen molar-refractivity contribution in [1.82, 2.24) is 10.6 Å². The number of nitrogens with two attached hydrogens (primary N) is 1. The quantitative estimate of drug-likeness (QED) is 0.438.